The summed E-state index contributed by atoms with van der Waals surface area (Å²) in [6.07, 6.45) is 0.563. The number of carbonyl (C=O) groups excluding carboxylic acids is 1. The van der Waals surface area contributed by atoms with E-state index in [1.807, 2.05) is 0 Å². The third-order valence-electron chi connectivity index (χ3n) is 4.38. The van der Waals surface area contributed by atoms with Crippen LogP contribution in [0.4, 0.5) is 10.1 Å². The molecular weight excluding hydrogens is 313 g/mol. The highest BCUT2D eigenvalue weighted by Crippen LogP contribution is 2.49. The fourth-order valence-corrected chi connectivity index (χ4v) is 2.86. The van der Waals surface area contributed by atoms with Crippen LogP contribution in [-0.4, -0.2) is 10.9 Å². The molecule has 3 rings (SSSR count). The van der Waals surface area contributed by atoms with Crippen LogP contribution in [0.2, 0.25) is 0 Å². The Hall–Kier alpha value is -2.76. The molecule has 2 aromatic rings. The molecule has 1 fully saturated rings. The number of benzene rings is 2. The second-order valence-corrected chi connectivity index (χ2v) is 5.90. The number of nitro groups is 1. The van der Waals surface area contributed by atoms with E-state index >= 15 is 0 Å². The normalized spacial score (nSPS) is 18.9. The van der Waals surface area contributed by atoms with Gasteiger partial charge in [0.15, 0.2) is 0 Å². The first-order valence-corrected chi connectivity index (χ1v) is 7.63. The highest BCUT2D eigenvalue weighted by atomic mass is 19.1. The van der Waals surface area contributed by atoms with Gasteiger partial charge in [0.2, 0.25) is 0 Å². The van der Waals surface area contributed by atoms with E-state index in [0.29, 0.717) is 23.1 Å². The lowest BCUT2D eigenvalue weighted by Crippen LogP contribution is -2.09. The van der Waals surface area contributed by atoms with Gasteiger partial charge < -0.3 is 4.74 Å². The van der Waals surface area contributed by atoms with Crippen molar-refractivity contribution in [2.45, 2.75) is 25.9 Å². The number of nitro benzene ring substituents is 1. The van der Waals surface area contributed by atoms with Crippen LogP contribution < -0.4 is 0 Å². The van der Waals surface area contributed by atoms with Crippen LogP contribution >= 0.6 is 0 Å². The van der Waals surface area contributed by atoms with Crippen molar-refractivity contribution in [2.75, 3.05) is 0 Å². The molecule has 0 aliphatic heterocycles. The van der Waals surface area contributed by atoms with Gasteiger partial charge in [-0.25, -0.2) is 4.39 Å². The molecule has 1 aliphatic rings. The molecule has 0 amide bonds. The van der Waals surface area contributed by atoms with E-state index in [-0.39, 0.29) is 29.9 Å². The molecule has 2 atom stereocenters. The Morgan fingerprint density at radius 1 is 1.29 bits per heavy atom. The predicted molar refractivity (Wildman–Crippen MR) is 84.9 cm³/mol. The van der Waals surface area contributed by atoms with Crippen molar-refractivity contribution >= 4 is 11.7 Å². The standard InChI is InChI=1S/C18H16FNO4/c1-11-12(5-4-8-17(11)20(22)23)10-24-18(21)15-9-14(15)13-6-2-3-7-16(13)19/h2-8,14-15H,9-10H2,1H3/t14-,15-/m1/s1. The molecule has 0 unspecified atom stereocenters. The number of nitrogens with zero attached hydrogens (tertiary/aromatic N) is 1. The van der Waals surface area contributed by atoms with Crippen molar-refractivity contribution in [1.82, 2.24) is 0 Å². The van der Waals surface area contributed by atoms with Crippen LogP contribution in [0.15, 0.2) is 42.5 Å². The van der Waals surface area contributed by atoms with E-state index < -0.39 is 10.9 Å². The number of esters is 1. The van der Waals surface area contributed by atoms with E-state index in [0.717, 1.165) is 0 Å². The Kier molecular flexibility index (Phi) is 4.29. The molecule has 0 bridgehead atoms. The Bertz CT molecular complexity index is 805. The maximum atomic E-state index is 13.7. The van der Waals surface area contributed by atoms with Gasteiger partial charge in [0.05, 0.1) is 10.8 Å². The summed E-state index contributed by atoms with van der Waals surface area (Å²) in [5.74, 6) is -1.20. The first-order chi connectivity index (χ1) is 11.5. The summed E-state index contributed by atoms with van der Waals surface area (Å²) in [6.45, 7) is 1.60. The van der Waals surface area contributed by atoms with Crippen LogP contribution in [0.3, 0.4) is 0 Å². The van der Waals surface area contributed by atoms with Gasteiger partial charge >= 0.3 is 5.97 Å². The highest BCUT2D eigenvalue weighted by molar-refractivity contribution is 5.77. The van der Waals surface area contributed by atoms with Gasteiger partial charge in [0.25, 0.3) is 5.69 Å². The van der Waals surface area contributed by atoms with Gasteiger partial charge in [-0.15, -0.1) is 0 Å². The largest absolute Gasteiger partial charge is 0.461 e. The van der Waals surface area contributed by atoms with E-state index in [4.69, 9.17) is 4.74 Å². The third-order valence-corrected chi connectivity index (χ3v) is 4.38. The highest BCUT2D eigenvalue weighted by Gasteiger charge is 2.46. The molecule has 2 aromatic carbocycles. The summed E-state index contributed by atoms with van der Waals surface area (Å²) in [5, 5.41) is 10.9. The minimum atomic E-state index is -0.463. The van der Waals surface area contributed by atoms with Crippen molar-refractivity contribution in [2.24, 2.45) is 5.92 Å². The van der Waals surface area contributed by atoms with Crippen LogP contribution in [0, 0.1) is 28.8 Å². The molecule has 124 valence electrons. The van der Waals surface area contributed by atoms with E-state index in [2.05, 4.69) is 0 Å². The van der Waals surface area contributed by atoms with Crippen LogP contribution in [0.1, 0.15) is 29.0 Å². The zero-order valence-electron chi connectivity index (χ0n) is 13.1. The van der Waals surface area contributed by atoms with Crippen molar-refractivity contribution in [1.29, 1.82) is 0 Å². The SMILES string of the molecule is Cc1c(COC(=O)[C@@H]2C[C@@H]2c2ccccc2F)cccc1[N+](=O)[O-]. The van der Waals surface area contributed by atoms with Gasteiger partial charge in [-0.05, 0) is 30.5 Å². The van der Waals surface area contributed by atoms with Crippen molar-refractivity contribution in [3.63, 3.8) is 0 Å². The first-order valence-electron chi connectivity index (χ1n) is 7.63. The molecule has 0 N–H and O–H groups in total. The topological polar surface area (TPSA) is 69.4 Å². The van der Waals surface area contributed by atoms with Crippen LogP contribution in [0.25, 0.3) is 0 Å². The minimum Gasteiger partial charge on any atom is -0.461 e. The second-order valence-electron chi connectivity index (χ2n) is 5.90. The number of ether oxygens (including phenoxy) is 1. The average molecular weight is 329 g/mol. The lowest BCUT2D eigenvalue weighted by Gasteiger charge is -2.08. The Morgan fingerprint density at radius 2 is 2.04 bits per heavy atom. The summed E-state index contributed by atoms with van der Waals surface area (Å²) in [6, 6.07) is 11.1. The number of carbonyl (C=O) groups is 1. The summed E-state index contributed by atoms with van der Waals surface area (Å²) in [5.41, 5.74) is 1.61. The summed E-state index contributed by atoms with van der Waals surface area (Å²) < 4.78 is 19.0. The lowest BCUT2D eigenvalue weighted by molar-refractivity contribution is -0.385. The van der Waals surface area contributed by atoms with E-state index in [1.54, 1.807) is 37.3 Å². The molecule has 24 heavy (non-hydrogen) atoms. The summed E-state index contributed by atoms with van der Waals surface area (Å²) in [4.78, 5) is 22.6. The molecule has 1 saturated carbocycles. The number of rotatable bonds is 5. The molecule has 0 saturated heterocycles. The predicted octanol–water partition coefficient (Wildman–Crippen LogP) is 3.89. The zero-order chi connectivity index (χ0) is 17.3. The first kappa shape index (κ1) is 16.1. The molecule has 0 radical (unpaired) electrons. The second kappa shape index (κ2) is 6.39. The molecule has 5 nitrogen and oxygen atoms in total. The Morgan fingerprint density at radius 3 is 2.75 bits per heavy atom. The van der Waals surface area contributed by atoms with Gasteiger partial charge in [0.1, 0.15) is 12.4 Å². The zero-order valence-corrected chi connectivity index (χ0v) is 13.1. The average Bonchev–Trinajstić information content (AvgIpc) is 3.34. The fraction of sp³-hybridized carbons (Fsp3) is 0.278. The molecule has 1 aliphatic carbocycles. The molecule has 0 spiro atoms. The Labute approximate surface area is 138 Å². The maximum Gasteiger partial charge on any atom is 0.309 e. The van der Waals surface area contributed by atoms with Crippen LogP contribution in [0.5, 0.6) is 0 Å². The van der Waals surface area contributed by atoms with E-state index in [9.17, 15) is 19.3 Å². The van der Waals surface area contributed by atoms with Gasteiger partial charge in [0, 0.05) is 17.5 Å². The quantitative estimate of drug-likeness (QED) is 0.474. The Balaban J connectivity index is 1.63. The van der Waals surface area contributed by atoms with Gasteiger partial charge in [-0.2, -0.15) is 0 Å². The van der Waals surface area contributed by atoms with Crippen molar-refractivity contribution in [3.8, 4) is 0 Å². The fourth-order valence-electron chi connectivity index (χ4n) is 2.86. The number of halogens is 1. The minimum absolute atomic E-state index is 0.000737. The van der Waals surface area contributed by atoms with E-state index in [1.165, 1.54) is 12.1 Å². The van der Waals surface area contributed by atoms with Gasteiger partial charge in [-0.3, -0.25) is 14.9 Å². The maximum absolute atomic E-state index is 13.7. The van der Waals surface area contributed by atoms with Gasteiger partial charge in [-0.1, -0.05) is 30.3 Å². The van der Waals surface area contributed by atoms with Crippen molar-refractivity contribution < 1.29 is 18.8 Å². The monoisotopic (exact) mass is 329 g/mol. The van der Waals surface area contributed by atoms with Crippen LogP contribution in [-0.2, 0) is 16.1 Å². The number of hydrogen-bond donors (Lipinski definition) is 0. The smallest absolute Gasteiger partial charge is 0.309 e. The molecule has 0 aromatic heterocycles. The molecular formula is C18H16FNO4. The summed E-state index contributed by atoms with van der Waals surface area (Å²) in [7, 11) is 0. The third kappa shape index (κ3) is 3.13. The molecule has 0 heterocycles. The van der Waals surface area contributed by atoms with Crippen molar-refractivity contribution in [3.05, 3.63) is 75.1 Å². The lowest BCUT2D eigenvalue weighted by atomic mass is 10.1. The summed E-state index contributed by atoms with van der Waals surface area (Å²) >= 11 is 0. The molecule has 6 heteroatoms. The number of hydrogen-bond acceptors (Lipinski definition) is 4.